The standard InChI is InChI=1S/C19H32N4S.3C6H3N3O7/c1-5-21(6-2)13-14-23-18-12-10-9-11-17(18)20-19(23)24-16-15-22(7-3)8-4;3*10-6-4(8(13)14)1-3(7(11)12)2-5(6)9(15)16/h9-12H,5-8,13-16H2,1-4H3;3*1-2,10H. The molecular formula is C37H41N13O21S. The largest absolute Gasteiger partial charge is 0.497 e. The van der Waals surface area contributed by atoms with Gasteiger partial charge in [-0.3, -0.25) is 91.0 Å². The number of nitro benzene ring substituents is 9. The number of nitro groups is 9. The van der Waals surface area contributed by atoms with E-state index in [1.165, 1.54) is 5.52 Å². The third kappa shape index (κ3) is 15.8. The van der Waals surface area contributed by atoms with E-state index >= 15 is 0 Å². The van der Waals surface area contributed by atoms with Gasteiger partial charge in [0.15, 0.2) is 5.16 Å². The molecule has 0 saturated heterocycles. The summed E-state index contributed by atoms with van der Waals surface area (Å²) in [6.45, 7) is 16.6. The molecule has 5 rings (SSSR count). The van der Waals surface area contributed by atoms with Crippen LogP contribution in [-0.2, 0) is 6.54 Å². The van der Waals surface area contributed by atoms with Crippen molar-refractivity contribution in [1.29, 1.82) is 0 Å². The van der Waals surface area contributed by atoms with E-state index in [1.54, 1.807) is 0 Å². The summed E-state index contributed by atoms with van der Waals surface area (Å²) in [5.74, 6) is -2.53. The first-order chi connectivity index (χ1) is 33.8. The number of aromatic hydroxyl groups is 3. The van der Waals surface area contributed by atoms with E-state index in [9.17, 15) is 91.0 Å². The van der Waals surface area contributed by atoms with Gasteiger partial charge in [0.25, 0.3) is 34.3 Å². The monoisotopic (exact) mass is 1040 g/mol. The lowest BCUT2D eigenvalue weighted by Crippen LogP contribution is -2.27. The highest BCUT2D eigenvalue weighted by Gasteiger charge is 2.32. The van der Waals surface area contributed by atoms with Gasteiger partial charge in [-0.15, -0.1) is 0 Å². The van der Waals surface area contributed by atoms with Gasteiger partial charge in [0.2, 0.25) is 0 Å². The van der Waals surface area contributed by atoms with Crippen LogP contribution in [0, 0.1) is 91.0 Å². The molecule has 34 nitrogen and oxygen atoms in total. The van der Waals surface area contributed by atoms with Crippen LogP contribution in [0.25, 0.3) is 11.0 Å². The highest BCUT2D eigenvalue weighted by atomic mass is 32.2. The number of fused-ring (bicyclic) bond motifs is 1. The van der Waals surface area contributed by atoms with Gasteiger partial charge in [-0.05, 0) is 38.3 Å². The topological polar surface area (TPSA) is 473 Å². The van der Waals surface area contributed by atoms with Crippen molar-refractivity contribution in [2.45, 2.75) is 39.4 Å². The first-order valence-electron chi connectivity index (χ1n) is 20.2. The van der Waals surface area contributed by atoms with E-state index < -0.39 is 113 Å². The molecule has 1 heterocycles. The van der Waals surface area contributed by atoms with Gasteiger partial charge in [-0.1, -0.05) is 51.6 Å². The van der Waals surface area contributed by atoms with E-state index in [-0.39, 0.29) is 0 Å². The van der Waals surface area contributed by atoms with Gasteiger partial charge in [-0.25, -0.2) is 4.98 Å². The molecule has 4 aromatic carbocycles. The van der Waals surface area contributed by atoms with Gasteiger partial charge in [0, 0.05) is 25.4 Å². The average Bonchev–Trinajstić information content (AvgIpc) is 3.67. The van der Waals surface area contributed by atoms with E-state index in [0.717, 1.165) is 62.2 Å². The lowest BCUT2D eigenvalue weighted by Gasteiger charge is -2.20. The van der Waals surface area contributed by atoms with Crippen LogP contribution >= 0.6 is 11.8 Å². The first kappa shape index (κ1) is 58.7. The number of imidazole rings is 1. The Labute approximate surface area is 405 Å². The Bertz CT molecular complexity index is 2550. The smallest absolute Gasteiger partial charge is 0.324 e. The zero-order valence-electron chi connectivity index (χ0n) is 37.8. The van der Waals surface area contributed by atoms with Crippen LogP contribution in [0.1, 0.15) is 27.7 Å². The first-order valence-corrected chi connectivity index (χ1v) is 21.2. The van der Waals surface area contributed by atoms with E-state index in [2.05, 4.69) is 66.3 Å². The van der Waals surface area contributed by atoms with Crippen LogP contribution in [0.2, 0.25) is 0 Å². The second-order valence-corrected chi connectivity index (χ2v) is 14.8. The lowest BCUT2D eigenvalue weighted by atomic mass is 10.2. The number of thioether (sulfide) groups is 1. The molecule has 0 spiro atoms. The quantitative estimate of drug-likeness (QED) is 0.0395. The third-order valence-corrected chi connectivity index (χ3v) is 10.6. The SMILES string of the molecule is CCN(CC)CCSc1nc2ccccc2n1CCN(CC)CC.O=[N+]([O-])c1cc([N+](=O)[O-])c(O)c([N+](=O)[O-])c1.O=[N+]([O-])c1cc([N+](=O)[O-])c(O)c([N+](=O)[O-])c1.O=[N+]([O-])c1cc([N+](=O)[O-])c(O)c([N+](=O)[O-])c1. The predicted octanol–water partition coefficient (Wildman–Crippen LogP) is 7.16. The maximum Gasteiger partial charge on any atom is 0.324 e. The summed E-state index contributed by atoms with van der Waals surface area (Å²) >= 11 is 1.89. The molecule has 1 aromatic heterocycles. The fourth-order valence-electron chi connectivity index (χ4n) is 5.89. The molecule has 5 aromatic rings. The number of likely N-dealkylation sites (N-methyl/N-ethyl adjacent to an activating group) is 1. The second-order valence-electron chi connectivity index (χ2n) is 13.7. The van der Waals surface area contributed by atoms with Crippen LogP contribution < -0.4 is 0 Å². The zero-order valence-corrected chi connectivity index (χ0v) is 38.7. The Hall–Kier alpha value is -9.38. The number of non-ortho nitro benzene ring substituents is 3. The van der Waals surface area contributed by atoms with Crippen molar-refractivity contribution in [2.24, 2.45) is 0 Å². The number of phenolic OH excluding ortho intramolecular Hbond substituents is 3. The van der Waals surface area contributed by atoms with Crippen LogP contribution in [0.5, 0.6) is 17.2 Å². The average molecular weight is 1040 g/mol. The van der Waals surface area contributed by atoms with Crippen molar-refractivity contribution in [3.05, 3.63) is 152 Å². The minimum Gasteiger partial charge on any atom is -0.497 e. The Morgan fingerprint density at radius 2 is 0.764 bits per heavy atom. The molecular weight excluding hydrogens is 995 g/mol. The summed E-state index contributed by atoms with van der Waals surface area (Å²) < 4.78 is 2.40. The van der Waals surface area contributed by atoms with Crippen LogP contribution in [0.3, 0.4) is 0 Å². The van der Waals surface area contributed by atoms with Gasteiger partial charge in [0.05, 0.1) is 91.7 Å². The minimum absolute atomic E-state index is 0.447. The highest BCUT2D eigenvalue weighted by molar-refractivity contribution is 7.99. The molecule has 0 fully saturated rings. The maximum absolute atomic E-state index is 10.4. The van der Waals surface area contributed by atoms with E-state index in [4.69, 9.17) is 20.3 Å². The minimum atomic E-state index is -1.21. The van der Waals surface area contributed by atoms with E-state index in [0.29, 0.717) is 36.4 Å². The fraction of sp³-hybridized carbons (Fsp3) is 0.324. The molecule has 0 aliphatic heterocycles. The summed E-state index contributed by atoms with van der Waals surface area (Å²) in [5.41, 5.74) is -6.63. The molecule has 35 heteroatoms. The van der Waals surface area contributed by atoms with Crippen LogP contribution in [0.15, 0.2) is 65.8 Å². The number of phenols is 3. The third-order valence-electron chi connectivity index (χ3n) is 9.66. The lowest BCUT2D eigenvalue weighted by molar-refractivity contribution is -0.404. The van der Waals surface area contributed by atoms with Crippen molar-refractivity contribution >= 4 is 74.0 Å². The Morgan fingerprint density at radius 1 is 0.472 bits per heavy atom. The molecule has 0 aliphatic carbocycles. The highest BCUT2D eigenvalue weighted by Crippen LogP contribution is 2.41. The molecule has 0 unspecified atom stereocenters. The Balaban J connectivity index is 0.000000335. The summed E-state index contributed by atoms with van der Waals surface area (Å²) in [6.07, 6.45) is 0. The molecule has 0 radical (unpaired) electrons. The van der Waals surface area contributed by atoms with Gasteiger partial charge in [-0.2, -0.15) is 0 Å². The predicted molar refractivity (Wildman–Crippen MR) is 250 cm³/mol. The van der Waals surface area contributed by atoms with Crippen molar-refractivity contribution < 1.29 is 59.6 Å². The molecule has 3 N–H and O–H groups in total. The maximum atomic E-state index is 10.4. The number of nitrogens with zero attached hydrogens (tertiary/aromatic N) is 13. The molecule has 0 amide bonds. The van der Waals surface area contributed by atoms with Gasteiger partial charge in [0.1, 0.15) is 0 Å². The summed E-state index contributed by atoms with van der Waals surface area (Å²) in [4.78, 5) is 93.1. The van der Waals surface area contributed by atoms with Crippen molar-refractivity contribution in [2.75, 3.05) is 45.0 Å². The summed E-state index contributed by atoms with van der Waals surface area (Å²) in [5, 5.41) is 122. The number of rotatable bonds is 20. The van der Waals surface area contributed by atoms with Gasteiger partial charge < -0.3 is 29.7 Å². The number of hydrogen-bond donors (Lipinski definition) is 3. The molecule has 0 saturated carbocycles. The van der Waals surface area contributed by atoms with Crippen molar-refractivity contribution in [3.8, 4) is 17.2 Å². The number of para-hydroxylation sites is 2. The molecule has 386 valence electrons. The Kier molecular flexibility index (Phi) is 22.0. The van der Waals surface area contributed by atoms with Crippen LogP contribution in [0.4, 0.5) is 51.2 Å². The summed E-state index contributed by atoms with van der Waals surface area (Å²) in [7, 11) is 0. The van der Waals surface area contributed by atoms with Gasteiger partial charge >= 0.3 is 34.1 Å². The fourth-order valence-corrected chi connectivity index (χ4v) is 6.93. The number of aromatic nitrogens is 2. The van der Waals surface area contributed by atoms with E-state index in [1.807, 2.05) is 11.8 Å². The van der Waals surface area contributed by atoms with Crippen molar-refractivity contribution in [1.82, 2.24) is 19.4 Å². The number of hydrogen-bond acceptors (Lipinski definition) is 25. The number of benzene rings is 4. The van der Waals surface area contributed by atoms with Crippen molar-refractivity contribution in [3.63, 3.8) is 0 Å². The normalized spacial score (nSPS) is 10.5. The van der Waals surface area contributed by atoms with Crippen LogP contribution in [-0.4, -0.2) is 124 Å². The second kappa shape index (κ2) is 27.0. The summed E-state index contributed by atoms with van der Waals surface area (Å²) in [6, 6.07) is 11.2. The molecule has 0 aliphatic rings. The Morgan fingerprint density at radius 3 is 1.04 bits per heavy atom. The molecule has 72 heavy (non-hydrogen) atoms. The molecule has 0 bridgehead atoms. The zero-order chi connectivity index (χ0) is 54.7. The molecule has 0 atom stereocenters.